The minimum absolute atomic E-state index is 0.00271. The second kappa shape index (κ2) is 4.45. The van der Waals surface area contributed by atoms with E-state index in [1.54, 1.807) is 0 Å². The van der Waals surface area contributed by atoms with E-state index < -0.39 is 17.6 Å². The third-order valence-electron chi connectivity index (χ3n) is 2.01. The van der Waals surface area contributed by atoms with Crippen molar-refractivity contribution in [1.82, 2.24) is 0 Å². The number of rotatable bonds is 1. The Morgan fingerprint density at radius 3 is 2.38 bits per heavy atom. The fraction of sp³-hybridized carbons (Fsp3) is 0.300. The van der Waals surface area contributed by atoms with E-state index in [1.807, 2.05) is 0 Å². The Morgan fingerprint density at radius 1 is 1.38 bits per heavy atom. The molecule has 2 nitrogen and oxygen atoms in total. The highest BCUT2D eigenvalue weighted by Crippen LogP contribution is 2.39. The maximum absolute atomic E-state index is 12.7. The monoisotopic (exact) mass is 295 g/mol. The molecule has 1 N–H and O–H groups in total. The molecule has 1 rings (SSSR count). The average molecular weight is 296 g/mol. The SMILES string of the molecule is CC(=O)Nc1ccc(Br)c(C(F)(F)F)c1C. The lowest BCUT2D eigenvalue weighted by Crippen LogP contribution is -2.13. The summed E-state index contributed by atoms with van der Waals surface area (Å²) in [4.78, 5) is 10.8. The van der Waals surface area contributed by atoms with Gasteiger partial charge in [-0.2, -0.15) is 13.2 Å². The predicted molar refractivity (Wildman–Crippen MR) is 58.2 cm³/mol. The lowest BCUT2D eigenvalue weighted by atomic mass is 10.1. The zero-order valence-electron chi connectivity index (χ0n) is 8.57. The summed E-state index contributed by atoms with van der Waals surface area (Å²) < 4.78 is 38.0. The predicted octanol–water partition coefficient (Wildman–Crippen LogP) is 3.73. The van der Waals surface area contributed by atoms with Crippen molar-refractivity contribution in [1.29, 1.82) is 0 Å². The first-order valence-corrected chi connectivity index (χ1v) is 5.16. The summed E-state index contributed by atoms with van der Waals surface area (Å²) in [5, 5.41) is 2.35. The van der Waals surface area contributed by atoms with Crippen LogP contribution in [0, 0.1) is 6.92 Å². The first-order valence-electron chi connectivity index (χ1n) is 4.37. The van der Waals surface area contributed by atoms with Crippen LogP contribution in [0.5, 0.6) is 0 Å². The molecule has 0 radical (unpaired) electrons. The minimum atomic E-state index is -4.45. The van der Waals surface area contributed by atoms with Crippen molar-refractivity contribution in [3.8, 4) is 0 Å². The van der Waals surface area contributed by atoms with E-state index >= 15 is 0 Å². The van der Waals surface area contributed by atoms with Crippen molar-refractivity contribution < 1.29 is 18.0 Å². The number of hydrogen-bond acceptors (Lipinski definition) is 1. The molecule has 0 unspecified atom stereocenters. The van der Waals surface area contributed by atoms with Gasteiger partial charge in [0.25, 0.3) is 0 Å². The summed E-state index contributed by atoms with van der Waals surface area (Å²) in [6.07, 6.45) is -4.45. The topological polar surface area (TPSA) is 29.1 Å². The first-order chi connectivity index (χ1) is 7.23. The highest BCUT2D eigenvalue weighted by molar-refractivity contribution is 9.10. The van der Waals surface area contributed by atoms with Crippen LogP contribution in [0.2, 0.25) is 0 Å². The molecule has 1 amide bonds. The Labute approximate surface area is 99.0 Å². The van der Waals surface area contributed by atoms with Crippen molar-refractivity contribution in [3.63, 3.8) is 0 Å². The second-order valence-corrected chi connectivity index (χ2v) is 4.13. The Bertz CT molecular complexity index is 429. The molecule has 1 aromatic rings. The molecule has 0 aliphatic carbocycles. The standard InChI is InChI=1S/C10H9BrF3NO/c1-5-8(15-6(2)16)4-3-7(11)9(5)10(12,13)14/h3-4H,1-2H3,(H,15,16). The Balaban J connectivity index is 3.33. The Kier molecular flexibility index (Phi) is 3.62. The lowest BCUT2D eigenvalue weighted by molar-refractivity contribution is -0.138. The van der Waals surface area contributed by atoms with Gasteiger partial charge in [0.05, 0.1) is 5.56 Å². The number of hydrogen-bond donors (Lipinski definition) is 1. The quantitative estimate of drug-likeness (QED) is 0.840. The molecular weight excluding hydrogens is 287 g/mol. The molecule has 0 fully saturated rings. The molecule has 0 saturated carbocycles. The molecule has 16 heavy (non-hydrogen) atoms. The van der Waals surface area contributed by atoms with Gasteiger partial charge in [-0.3, -0.25) is 4.79 Å². The summed E-state index contributed by atoms with van der Waals surface area (Å²) in [5.74, 6) is -0.404. The van der Waals surface area contributed by atoms with E-state index in [4.69, 9.17) is 0 Å². The summed E-state index contributed by atoms with van der Waals surface area (Å²) in [7, 11) is 0. The van der Waals surface area contributed by atoms with Gasteiger partial charge in [-0.05, 0) is 24.6 Å². The minimum Gasteiger partial charge on any atom is -0.326 e. The zero-order chi connectivity index (χ0) is 12.5. The smallest absolute Gasteiger partial charge is 0.326 e. The Hall–Kier alpha value is -1.04. The van der Waals surface area contributed by atoms with Crippen LogP contribution in [0.3, 0.4) is 0 Å². The van der Waals surface area contributed by atoms with Crippen LogP contribution in [0.4, 0.5) is 18.9 Å². The summed E-state index contributed by atoms with van der Waals surface area (Å²) in [6, 6.07) is 2.69. The fourth-order valence-corrected chi connectivity index (χ4v) is 2.01. The third kappa shape index (κ3) is 2.75. The molecule has 0 heterocycles. The van der Waals surface area contributed by atoms with Crippen LogP contribution in [0.25, 0.3) is 0 Å². The summed E-state index contributed by atoms with van der Waals surface area (Å²) in [5.41, 5.74) is -0.598. The van der Waals surface area contributed by atoms with Crippen molar-refractivity contribution in [2.75, 3.05) is 5.32 Å². The molecular formula is C10H9BrF3NO. The third-order valence-corrected chi connectivity index (χ3v) is 2.67. The summed E-state index contributed by atoms with van der Waals surface area (Å²) in [6.45, 7) is 2.56. The molecule has 0 aliphatic heterocycles. The van der Waals surface area contributed by atoms with Gasteiger partial charge in [-0.25, -0.2) is 0 Å². The highest BCUT2D eigenvalue weighted by atomic mass is 79.9. The molecule has 0 spiro atoms. The normalized spacial score (nSPS) is 11.4. The molecule has 6 heteroatoms. The number of carbonyl (C=O) groups is 1. The second-order valence-electron chi connectivity index (χ2n) is 3.27. The first kappa shape index (κ1) is 13.0. The van der Waals surface area contributed by atoms with Gasteiger partial charge in [0.2, 0.25) is 5.91 Å². The molecule has 88 valence electrons. The number of carbonyl (C=O) groups excluding carboxylic acids is 1. The summed E-state index contributed by atoms with van der Waals surface area (Å²) >= 11 is 2.85. The van der Waals surface area contributed by atoms with Crippen molar-refractivity contribution in [3.05, 3.63) is 27.7 Å². The fourth-order valence-electron chi connectivity index (χ4n) is 1.35. The van der Waals surface area contributed by atoms with E-state index in [2.05, 4.69) is 21.2 Å². The van der Waals surface area contributed by atoms with E-state index in [-0.39, 0.29) is 15.7 Å². The number of anilines is 1. The maximum Gasteiger partial charge on any atom is 0.417 e. The van der Waals surface area contributed by atoms with Gasteiger partial charge < -0.3 is 5.32 Å². The van der Waals surface area contributed by atoms with Crippen LogP contribution in [0.1, 0.15) is 18.1 Å². The number of benzene rings is 1. The van der Waals surface area contributed by atoms with Crippen LogP contribution < -0.4 is 5.32 Å². The van der Waals surface area contributed by atoms with E-state index in [9.17, 15) is 18.0 Å². The molecule has 0 aromatic heterocycles. The van der Waals surface area contributed by atoms with Gasteiger partial charge >= 0.3 is 6.18 Å². The molecule has 1 aromatic carbocycles. The van der Waals surface area contributed by atoms with Crippen LogP contribution in [0.15, 0.2) is 16.6 Å². The van der Waals surface area contributed by atoms with Gasteiger partial charge in [-0.15, -0.1) is 0 Å². The number of halogens is 4. The van der Waals surface area contributed by atoms with Gasteiger partial charge in [-0.1, -0.05) is 15.9 Å². The molecule has 0 aliphatic rings. The average Bonchev–Trinajstić information content (AvgIpc) is 2.07. The van der Waals surface area contributed by atoms with E-state index in [0.717, 1.165) is 0 Å². The molecule has 0 bridgehead atoms. The van der Waals surface area contributed by atoms with Gasteiger partial charge in [0.1, 0.15) is 0 Å². The number of amides is 1. The van der Waals surface area contributed by atoms with Crippen LogP contribution in [-0.4, -0.2) is 5.91 Å². The number of nitrogens with one attached hydrogen (secondary N) is 1. The van der Waals surface area contributed by atoms with Gasteiger partial charge in [0, 0.05) is 17.1 Å². The van der Waals surface area contributed by atoms with Crippen molar-refractivity contribution in [2.45, 2.75) is 20.0 Å². The molecule has 0 atom stereocenters. The van der Waals surface area contributed by atoms with Crippen LogP contribution >= 0.6 is 15.9 Å². The lowest BCUT2D eigenvalue weighted by Gasteiger charge is -2.15. The highest BCUT2D eigenvalue weighted by Gasteiger charge is 2.35. The Morgan fingerprint density at radius 2 is 1.94 bits per heavy atom. The number of alkyl halides is 3. The zero-order valence-corrected chi connectivity index (χ0v) is 10.2. The van der Waals surface area contributed by atoms with E-state index in [0.29, 0.717) is 0 Å². The van der Waals surface area contributed by atoms with Gasteiger partial charge in [0.15, 0.2) is 0 Å². The largest absolute Gasteiger partial charge is 0.417 e. The van der Waals surface area contributed by atoms with Crippen LogP contribution in [-0.2, 0) is 11.0 Å². The van der Waals surface area contributed by atoms with Crippen molar-refractivity contribution in [2.24, 2.45) is 0 Å². The molecule has 0 saturated heterocycles. The maximum atomic E-state index is 12.7. The van der Waals surface area contributed by atoms with Crippen molar-refractivity contribution >= 4 is 27.5 Å². The van der Waals surface area contributed by atoms with E-state index in [1.165, 1.54) is 26.0 Å².